The van der Waals surface area contributed by atoms with E-state index in [1.165, 1.54) is 11.1 Å². The second-order valence-electron chi connectivity index (χ2n) is 11.5. The first-order chi connectivity index (χ1) is 17.3. The number of carbonyl (C=O) groups is 1. The maximum Gasteiger partial charge on any atom is 0.228 e. The van der Waals surface area contributed by atoms with Crippen molar-refractivity contribution in [1.82, 2.24) is 4.90 Å². The van der Waals surface area contributed by atoms with Crippen LogP contribution in [0.4, 0.5) is 5.69 Å². The Bertz CT molecular complexity index is 1090. The van der Waals surface area contributed by atoms with E-state index in [2.05, 4.69) is 63.7 Å². The molecule has 0 aromatic heterocycles. The zero-order valence-corrected chi connectivity index (χ0v) is 21.7. The maximum atomic E-state index is 14.2. The number of nitrogens with one attached hydrogen (secondary N) is 1. The number of carbonyl (C=O) groups excluding carboxylic acids is 1. The Kier molecular flexibility index (Phi) is 6.96. The van der Waals surface area contributed by atoms with Gasteiger partial charge in [0.25, 0.3) is 0 Å². The van der Waals surface area contributed by atoms with Crippen LogP contribution in [0, 0.1) is 11.8 Å². The summed E-state index contributed by atoms with van der Waals surface area (Å²) < 4.78 is 5.47. The number of para-hydroxylation sites is 1. The highest BCUT2D eigenvalue weighted by Gasteiger charge is 2.46. The van der Waals surface area contributed by atoms with Gasteiger partial charge in [-0.1, -0.05) is 82.1 Å². The van der Waals surface area contributed by atoms with Crippen molar-refractivity contribution < 1.29 is 14.6 Å². The van der Waals surface area contributed by atoms with E-state index in [0.717, 1.165) is 50.8 Å². The first-order valence-electron chi connectivity index (χ1n) is 13.5. The van der Waals surface area contributed by atoms with Gasteiger partial charge in [0.15, 0.2) is 0 Å². The van der Waals surface area contributed by atoms with E-state index in [9.17, 15) is 9.90 Å². The first kappa shape index (κ1) is 24.7. The van der Waals surface area contributed by atoms with E-state index in [-0.39, 0.29) is 35.9 Å². The number of amides is 1. The number of piperidine rings is 1. The number of nitrogens with zero attached hydrogens (tertiary/aromatic N) is 2. The molecule has 1 aliphatic carbocycles. The minimum absolute atomic E-state index is 0.0120. The van der Waals surface area contributed by atoms with Gasteiger partial charge in [0.1, 0.15) is 6.08 Å². The minimum Gasteiger partial charge on any atom is -0.595 e. The second-order valence-corrected chi connectivity index (χ2v) is 11.5. The molecule has 0 radical (unpaired) electrons. The molecule has 2 fully saturated rings. The van der Waals surface area contributed by atoms with E-state index in [4.69, 9.17) is 4.74 Å². The van der Waals surface area contributed by atoms with Gasteiger partial charge in [-0.15, -0.1) is 0 Å². The van der Waals surface area contributed by atoms with Crippen molar-refractivity contribution in [2.45, 2.75) is 83.0 Å². The normalized spacial score (nSPS) is 28.5. The molecular formula is C30H38N3O3-. The van der Waals surface area contributed by atoms with Crippen LogP contribution >= 0.6 is 0 Å². The third kappa shape index (κ3) is 5.09. The summed E-state index contributed by atoms with van der Waals surface area (Å²) in [7, 11) is 0. The molecule has 2 heterocycles. The molecule has 5 rings (SSSR count). The molecule has 6 nitrogen and oxygen atoms in total. The van der Waals surface area contributed by atoms with Gasteiger partial charge >= 0.3 is 0 Å². The maximum absolute atomic E-state index is 14.2. The molecule has 2 aromatic carbocycles. The molecular weight excluding hydrogens is 450 g/mol. The smallest absolute Gasteiger partial charge is 0.228 e. The Balaban J connectivity index is 1.46. The van der Waals surface area contributed by atoms with Crippen LogP contribution in [-0.2, 0) is 9.53 Å². The molecule has 1 saturated carbocycles. The summed E-state index contributed by atoms with van der Waals surface area (Å²) in [4.78, 5) is 20.8. The van der Waals surface area contributed by atoms with Gasteiger partial charge in [-0.05, 0) is 42.9 Å². The summed E-state index contributed by atoms with van der Waals surface area (Å²) >= 11 is 0. The average molecular weight is 489 g/mol. The molecule has 0 spiro atoms. The molecule has 192 valence electrons. The summed E-state index contributed by atoms with van der Waals surface area (Å²) in [5.41, 5.74) is 2.96. The predicted octanol–water partition coefficient (Wildman–Crippen LogP) is 5.22. The number of likely N-dealkylation sites (tertiary alicyclic amines) is 1. The molecule has 6 heteroatoms. The molecule has 1 saturated heterocycles. The van der Waals surface area contributed by atoms with Crippen molar-refractivity contribution in [3.63, 3.8) is 0 Å². The zero-order chi connectivity index (χ0) is 25.3. The average Bonchev–Trinajstić information content (AvgIpc) is 2.87. The van der Waals surface area contributed by atoms with Crippen molar-refractivity contribution in [2.24, 2.45) is 16.8 Å². The lowest BCUT2D eigenvalue weighted by Gasteiger charge is -2.50. The second kappa shape index (κ2) is 10.2. The number of hydrogen-bond donors (Lipinski definition) is 1. The van der Waals surface area contributed by atoms with Crippen LogP contribution in [0.25, 0.3) is 0 Å². The van der Waals surface area contributed by atoms with Gasteiger partial charge in [0.05, 0.1) is 24.0 Å². The molecule has 1 N–H and O–H groups in total. The quantitative estimate of drug-likeness (QED) is 0.474. The van der Waals surface area contributed by atoms with E-state index < -0.39 is 11.7 Å². The Labute approximate surface area is 214 Å². The zero-order valence-electron chi connectivity index (χ0n) is 21.7. The van der Waals surface area contributed by atoms with Gasteiger partial charge in [0, 0.05) is 23.8 Å². The summed E-state index contributed by atoms with van der Waals surface area (Å²) in [5.74, 6) is 0.150. The van der Waals surface area contributed by atoms with E-state index in [1.807, 2.05) is 26.8 Å². The molecule has 0 bridgehead atoms. The standard InChI is InChI=1S/C30H39N3O3/c1-30(2,3)36-29(35)32-25-18-10-8-15-22(25)28(34)33-19-11-16-23-26(20-12-5-4-6-13-20)31-24-17-9-7-14-21(24)27(23)33/h4-7,9,12-14,17,22-23,25-27,31H,8,10-11,15-16,18-19H2,1-3H3,(H,32,35)/p-1/t22-,23+,25+,26-,27-/m0/s1. The number of aliphatic imine (C=N–C) groups is 1. The monoisotopic (exact) mass is 488 g/mol. The Morgan fingerprint density at radius 2 is 1.72 bits per heavy atom. The fraction of sp³-hybridized carbons (Fsp3) is 0.533. The number of fused-ring (bicyclic) bond motifs is 3. The Hall–Kier alpha value is -3.02. The van der Waals surface area contributed by atoms with Crippen LogP contribution in [-0.4, -0.2) is 35.1 Å². The third-order valence-electron chi connectivity index (χ3n) is 7.85. The van der Waals surface area contributed by atoms with Crippen LogP contribution in [0.3, 0.4) is 0 Å². The SMILES string of the molecule is CC(C)(C)OC([O-])=N[C@@H]1CCCC[C@@H]1C(=O)N1CCC[C@@H]2[C@H](c3ccccc3)Nc3ccccc3[C@@H]21. The van der Waals surface area contributed by atoms with E-state index in [1.54, 1.807) is 0 Å². The summed E-state index contributed by atoms with van der Waals surface area (Å²) in [6, 6.07) is 18.8. The van der Waals surface area contributed by atoms with Crippen molar-refractivity contribution >= 4 is 17.7 Å². The lowest BCUT2D eigenvalue weighted by atomic mass is 9.73. The number of ether oxygens (including phenoxy) is 1. The van der Waals surface area contributed by atoms with Crippen LogP contribution in [0.15, 0.2) is 59.6 Å². The molecule has 0 unspecified atom stereocenters. The lowest BCUT2D eigenvalue weighted by molar-refractivity contribution is -0.261. The first-order valence-corrected chi connectivity index (χ1v) is 13.5. The van der Waals surface area contributed by atoms with Crippen molar-refractivity contribution in [1.29, 1.82) is 0 Å². The highest BCUT2D eigenvalue weighted by Crippen LogP contribution is 2.50. The van der Waals surface area contributed by atoms with Gasteiger partial charge in [0.2, 0.25) is 5.91 Å². The fourth-order valence-corrected chi connectivity index (χ4v) is 6.36. The van der Waals surface area contributed by atoms with Crippen LogP contribution in [0.5, 0.6) is 0 Å². The van der Waals surface area contributed by atoms with Gasteiger partial charge in [-0.3, -0.25) is 9.79 Å². The van der Waals surface area contributed by atoms with Crippen molar-refractivity contribution in [2.75, 3.05) is 11.9 Å². The number of anilines is 1. The largest absolute Gasteiger partial charge is 0.595 e. The van der Waals surface area contributed by atoms with Crippen molar-refractivity contribution in [3.8, 4) is 0 Å². The fourth-order valence-electron chi connectivity index (χ4n) is 6.36. The topological polar surface area (TPSA) is 77.0 Å². The Morgan fingerprint density at radius 3 is 2.50 bits per heavy atom. The third-order valence-corrected chi connectivity index (χ3v) is 7.85. The minimum atomic E-state index is -0.597. The van der Waals surface area contributed by atoms with E-state index >= 15 is 0 Å². The van der Waals surface area contributed by atoms with E-state index in [0.29, 0.717) is 0 Å². The molecule has 5 atom stereocenters. The predicted molar refractivity (Wildman–Crippen MR) is 140 cm³/mol. The van der Waals surface area contributed by atoms with Crippen molar-refractivity contribution in [3.05, 3.63) is 65.7 Å². The lowest BCUT2D eigenvalue weighted by Crippen LogP contribution is -2.51. The molecule has 36 heavy (non-hydrogen) atoms. The van der Waals surface area contributed by atoms with Gasteiger partial charge in [-0.2, -0.15) is 0 Å². The summed E-state index contributed by atoms with van der Waals surface area (Å²) in [6.07, 6.45) is 4.97. The summed E-state index contributed by atoms with van der Waals surface area (Å²) in [6.45, 7) is 6.27. The Morgan fingerprint density at radius 1 is 1.00 bits per heavy atom. The summed E-state index contributed by atoms with van der Waals surface area (Å²) in [5, 5.41) is 16.3. The highest BCUT2D eigenvalue weighted by atomic mass is 16.6. The molecule has 1 amide bonds. The molecule has 3 aliphatic rings. The van der Waals surface area contributed by atoms with Gasteiger partial charge < -0.3 is 20.1 Å². The molecule has 2 aliphatic heterocycles. The van der Waals surface area contributed by atoms with Gasteiger partial charge in [-0.25, -0.2) is 0 Å². The number of hydrogen-bond acceptors (Lipinski definition) is 5. The van der Waals surface area contributed by atoms with Crippen LogP contribution in [0.1, 0.15) is 82.5 Å². The van der Waals surface area contributed by atoms with Crippen LogP contribution in [0.2, 0.25) is 0 Å². The highest BCUT2D eigenvalue weighted by molar-refractivity contribution is 5.81. The molecule has 2 aromatic rings. The number of benzene rings is 2. The number of rotatable bonds is 3. The van der Waals surface area contributed by atoms with Crippen LogP contribution < -0.4 is 10.4 Å².